The van der Waals surface area contributed by atoms with E-state index in [1.807, 2.05) is 0 Å². The van der Waals surface area contributed by atoms with Crippen molar-refractivity contribution in [1.29, 1.82) is 0 Å². The number of hydrogen-bond donors (Lipinski definition) is 1. The van der Waals surface area contributed by atoms with Gasteiger partial charge in [-0.25, -0.2) is 4.39 Å². The summed E-state index contributed by atoms with van der Waals surface area (Å²) in [5, 5.41) is 7.28. The van der Waals surface area contributed by atoms with E-state index >= 15 is 0 Å². The summed E-state index contributed by atoms with van der Waals surface area (Å²) in [6.45, 7) is 1.80. The largest absolute Gasteiger partial charge is 0.497 e. The summed E-state index contributed by atoms with van der Waals surface area (Å²) >= 11 is 0. The third-order valence-corrected chi connectivity index (χ3v) is 5.28. The number of nitrogens with one attached hydrogen (secondary N) is 1. The minimum Gasteiger partial charge on any atom is -0.497 e. The van der Waals surface area contributed by atoms with E-state index in [-0.39, 0.29) is 12.5 Å². The lowest BCUT2D eigenvalue weighted by molar-refractivity contribution is 0.000312. The smallest absolute Gasteiger partial charge is 0.269 e. The van der Waals surface area contributed by atoms with Gasteiger partial charge < -0.3 is 19.5 Å². The average Bonchev–Trinajstić information content (AvgIpc) is 3.18. The Morgan fingerprint density at radius 3 is 2.52 bits per heavy atom. The molecule has 0 aliphatic carbocycles. The number of nitrogens with zero attached hydrogens (tertiary/aromatic N) is 2. The van der Waals surface area contributed by atoms with Gasteiger partial charge >= 0.3 is 0 Å². The number of ether oxygens (including phenoxy) is 3. The van der Waals surface area contributed by atoms with Gasteiger partial charge in [-0.1, -0.05) is 18.2 Å². The Morgan fingerprint density at radius 2 is 1.87 bits per heavy atom. The molecule has 0 spiro atoms. The van der Waals surface area contributed by atoms with Gasteiger partial charge in [0.25, 0.3) is 5.91 Å². The molecule has 1 aromatic heterocycles. The molecule has 0 radical (unpaired) electrons. The molecule has 0 fully saturated rings. The van der Waals surface area contributed by atoms with Crippen LogP contribution in [0, 0.1) is 5.82 Å². The van der Waals surface area contributed by atoms with Crippen molar-refractivity contribution in [2.24, 2.45) is 7.05 Å². The fourth-order valence-corrected chi connectivity index (χ4v) is 3.33. The molecule has 31 heavy (non-hydrogen) atoms. The first-order valence-electron chi connectivity index (χ1n) is 9.67. The number of hydrogen-bond acceptors (Lipinski definition) is 5. The zero-order valence-electron chi connectivity index (χ0n) is 18.2. The Hall–Kier alpha value is -3.39. The van der Waals surface area contributed by atoms with Gasteiger partial charge in [-0.15, -0.1) is 0 Å². The molecule has 3 aromatic rings. The molecule has 1 atom stereocenters. The Bertz CT molecular complexity index is 1080. The van der Waals surface area contributed by atoms with Crippen LogP contribution in [0.4, 0.5) is 4.39 Å². The van der Waals surface area contributed by atoms with Crippen molar-refractivity contribution in [2.45, 2.75) is 12.5 Å². The monoisotopic (exact) mass is 427 g/mol. The van der Waals surface area contributed by atoms with Crippen molar-refractivity contribution in [3.63, 3.8) is 0 Å². The normalized spacial score (nSPS) is 12.8. The molecular formula is C23H26FN3O4. The van der Waals surface area contributed by atoms with Crippen LogP contribution in [0.3, 0.4) is 0 Å². The fourth-order valence-electron chi connectivity index (χ4n) is 3.33. The molecule has 7 nitrogen and oxygen atoms in total. The molecule has 0 saturated carbocycles. The van der Waals surface area contributed by atoms with E-state index in [9.17, 15) is 9.18 Å². The number of benzene rings is 2. The lowest BCUT2D eigenvalue weighted by Crippen LogP contribution is -2.41. The molecule has 1 heterocycles. The summed E-state index contributed by atoms with van der Waals surface area (Å²) in [6.07, 6.45) is 0. The highest BCUT2D eigenvalue weighted by Crippen LogP contribution is 2.33. The SMILES string of the molecule is COc1ccc(OC)c(-c2cc(C(=O)NCC(C)(OC)c3ccccc3F)n(C)n2)c1. The van der Waals surface area contributed by atoms with Crippen LogP contribution >= 0.6 is 0 Å². The number of halogens is 1. The second kappa shape index (κ2) is 9.18. The van der Waals surface area contributed by atoms with Crippen LogP contribution in [-0.4, -0.2) is 43.6 Å². The number of carbonyl (C=O) groups is 1. The topological polar surface area (TPSA) is 74.6 Å². The molecule has 0 aliphatic heterocycles. The summed E-state index contributed by atoms with van der Waals surface area (Å²) in [4.78, 5) is 12.9. The molecule has 0 saturated heterocycles. The van der Waals surface area contributed by atoms with Crippen molar-refractivity contribution in [3.8, 4) is 22.8 Å². The van der Waals surface area contributed by atoms with Crippen LogP contribution < -0.4 is 14.8 Å². The van der Waals surface area contributed by atoms with E-state index in [0.29, 0.717) is 34.0 Å². The van der Waals surface area contributed by atoms with Crippen LogP contribution in [0.1, 0.15) is 23.0 Å². The van der Waals surface area contributed by atoms with Crippen molar-refractivity contribution >= 4 is 5.91 Å². The van der Waals surface area contributed by atoms with Crippen molar-refractivity contribution in [1.82, 2.24) is 15.1 Å². The van der Waals surface area contributed by atoms with E-state index in [4.69, 9.17) is 14.2 Å². The van der Waals surface area contributed by atoms with E-state index < -0.39 is 11.4 Å². The molecule has 164 valence electrons. The molecular weight excluding hydrogens is 401 g/mol. The first-order valence-corrected chi connectivity index (χ1v) is 9.67. The molecule has 1 N–H and O–H groups in total. The third-order valence-electron chi connectivity index (χ3n) is 5.28. The predicted molar refractivity (Wildman–Crippen MR) is 115 cm³/mol. The minimum absolute atomic E-state index is 0.0757. The Balaban J connectivity index is 1.84. The summed E-state index contributed by atoms with van der Waals surface area (Å²) in [5.41, 5.74) is 0.936. The second-order valence-corrected chi connectivity index (χ2v) is 7.20. The third kappa shape index (κ3) is 4.54. The van der Waals surface area contributed by atoms with E-state index in [1.165, 1.54) is 17.9 Å². The maximum atomic E-state index is 14.3. The van der Waals surface area contributed by atoms with Crippen LogP contribution in [0.25, 0.3) is 11.3 Å². The number of aryl methyl sites for hydroxylation is 1. The van der Waals surface area contributed by atoms with Crippen LogP contribution in [0.2, 0.25) is 0 Å². The van der Waals surface area contributed by atoms with E-state index in [2.05, 4.69) is 10.4 Å². The fraction of sp³-hybridized carbons (Fsp3) is 0.304. The number of rotatable bonds is 8. The van der Waals surface area contributed by atoms with E-state index in [0.717, 1.165) is 0 Å². The Labute approximate surface area is 180 Å². The summed E-state index contributed by atoms with van der Waals surface area (Å²) in [6, 6.07) is 13.4. The molecule has 2 aromatic carbocycles. The summed E-state index contributed by atoms with van der Waals surface area (Å²) < 4.78 is 32.0. The zero-order valence-corrected chi connectivity index (χ0v) is 18.2. The zero-order chi connectivity index (χ0) is 22.6. The first kappa shape index (κ1) is 22.3. The van der Waals surface area contributed by atoms with Crippen LogP contribution in [0.5, 0.6) is 11.5 Å². The number of methoxy groups -OCH3 is 3. The van der Waals surface area contributed by atoms with Crippen molar-refractivity contribution in [3.05, 3.63) is 65.6 Å². The Kier molecular flexibility index (Phi) is 6.60. The molecule has 0 aliphatic rings. The second-order valence-electron chi connectivity index (χ2n) is 7.20. The van der Waals surface area contributed by atoms with Crippen LogP contribution in [0.15, 0.2) is 48.5 Å². The number of amides is 1. The lowest BCUT2D eigenvalue weighted by atomic mass is 9.95. The Morgan fingerprint density at radius 1 is 1.13 bits per heavy atom. The van der Waals surface area contributed by atoms with Gasteiger partial charge in [0.15, 0.2) is 0 Å². The summed E-state index contributed by atoms with van der Waals surface area (Å²) in [7, 11) is 6.30. The molecule has 1 amide bonds. The van der Waals surface area contributed by atoms with Gasteiger partial charge in [0.1, 0.15) is 28.6 Å². The highest BCUT2D eigenvalue weighted by atomic mass is 19.1. The lowest BCUT2D eigenvalue weighted by Gasteiger charge is -2.29. The quantitative estimate of drug-likeness (QED) is 0.595. The van der Waals surface area contributed by atoms with Gasteiger partial charge in [0, 0.05) is 25.3 Å². The van der Waals surface area contributed by atoms with Gasteiger partial charge in [0.05, 0.1) is 26.5 Å². The van der Waals surface area contributed by atoms with Crippen LogP contribution in [-0.2, 0) is 17.4 Å². The number of carbonyl (C=O) groups excluding carboxylic acids is 1. The number of aromatic nitrogens is 2. The standard InChI is InChI=1S/C23H26FN3O4/c1-23(31-5,17-8-6-7-9-18(17)24)14-25-22(28)20-13-19(26-27(20)2)16-12-15(29-3)10-11-21(16)30-4/h6-13H,14H2,1-5H3,(H,25,28). The van der Waals surface area contributed by atoms with Gasteiger partial charge in [-0.2, -0.15) is 5.10 Å². The van der Waals surface area contributed by atoms with Crippen molar-refractivity contribution in [2.75, 3.05) is 27.9 Å². The average molecular weight is 427 g/mol. The molecule has 8 heteroatoms. The maximum absolute atomic E-state index is 14.3. The highest BCUT2D eigenvalue weighted by molar-refractivity contribution is 5.94. The molecule has 1 unspecified atom stereocenters. The van der Waals surface area contributed by atoms with Crippen molar-refractivity contribution < 1.29 is 23.4 Å². The minimum atomic E-state index is -1.03. The predicted octanol–water partition coefficient (Wildman–Crippen LogP) is 3.54. The summed E-state index contributed by atoms with van der Waals surface area (Å²) in [5.74, 6) is 0.502. The first-order chi connectivity index (χ1) is 14.8. The highest BCUT2D eigenvalue weighted by Gasteiger charge is 2.30. The van der Waals surface area contributed by atoms with E-state index in [1.54, 1.807) is 70.7 Å². The van der Waals surface area contributed by atoms with Gasteiger partial charge in [0.2, 0.25) is 0 Å². The molecule has 0 bridgehead atoms. The molecule has 3 rings (SSSR count). The maximum Gasteiger partial charge on any atom is 0.269 e. The van der Waals surface area contributed by atoms with Gasteiger partial charge in [-0.05, 0) is 37.3 Å². The van der Waals surface area contributed by atoms with Gasteiger partial charge in [-0.3, -0.25) is 9.48 Å².